The van der Waals surface area contributed by atoms with Crippen molar-refractivity contribution in [3.05, 3.63) is 66.0 Å². The number of aryl methyl sites for hydroxylation is 3. The van der Waals surface area contributed by atoms with Gasteiger partial charge in [0.05, 0.1) is 0 Å². The van der Waals surface area contributed by atoms with Crippen molar-refractivity contribution in [3.8, 4) is 0 Å². The quantitative estimate of drug-likeness (QED) is 0.682. The second kappa shape index (κ2) is 4.65. The topological polar surface area (TPSA) is 17.8 Å². The van der Waals surface area contributed by atoms with Crippen LogP contribution in [0.2, 0.25) is 0 Å². The highest BCUT2D eigenvalue weighted by atomic mass is 15.0. The average Bonchev–Trinajstić information content (AvgIpc) is 2.79. The van der Waals surface area contributed by atoms with Crippen molar-refractivity contribution >= 4 is 11.0 Å². The van der Waals surface area contributed by atoms with Crippen molar-refractivity contribution < 1.29 is 0 Å². The summed E-state index contributed by atoms with van der Waals surface area (Å²) in [5.41, 5.74) is 3.74. The molecule has 0 N–H and O–H groups in total. The predicted octanol–water partition coefficient (Wildman–Crippen LogP) is 3.36. The number of aromatic nitrogens is 2. The zero-order chi connectivity index (χ0) is 12.4. The Hall–Kier alpha value is -2.09. The zero-order valence-electron chi connectivity index (χ0n) is 10.5. The van der Waals surface area contributed by atoms with Gasteiger partial charge in [0.1, 0.15) is 5.65 Å². The molecule has 0 bridgehead atoms. The molecule has 0 radical (unpaired) electrons. The number of hydrogen-bond donors (Lipinski definition) is 0. The van der Waals surface area contributed by atoms with E-state index in [4.69, 9.17) is 0 Å². The Morgan fingerprint density at radius 2 is 1.78 bits per heavy atom. The van der Waals surface area contributed by atoms with E-state index in [2.05, 4.69) is 58.2 Å². The van der Waals surface area contributed by atoms with Crippen LogP contribution in [0.15, 0.2) is 54.9 Å². The molecule has 0 spiro atoms. The Kier molecular flexibility index (Phi) is 2.85. The summed E-state index contributed by atoms with van der Waals surface area (Å²) in [4.78, 5) is 4.52. The first-order chi connectivity index (χ1) is 8.83. The molecule has 0 aliphatic rings. The van der Waals surface area contributed by atoms with Crippen LogP contribution in [0.3, 0.4) is 0 Å². The minimum absolute atomic E-state index is 1.04. The first-order valence-corrected chi connectivity index (χ1v) is 6.27. The largest absolute Gasteiger partial charge is 0.336 e. The van der Waals surface area contributed by atoms with E-state index in [1.807, 2.05) is 13.2 Å². The van der Waals surface area contributed by atoms with Crippen molar-refractivity contribution in [2.75, 3.05) is 0 Å². The molecule has 2 heterocycles. The molecule has 0 aliphatic heterocycles. The van der Waals surface area contributed by atoms with E-state index in [9.17, 15) is 0 Å². The third kappa shape index (κ3) is 2.14. The molecule has 0 unspecified atom stereocenters. The fraction of sp³-hybridized carbons (Fsp3) is 0.188. The maximum Gasteiger partial charge on any atom is 0.139 e. The van der Waals surface area contributed by atoms with Crippen molar-refractivity contribution in [2.45, 2.75) is 12.8 Å². The molecule has 0 amide bonds. The number of hydrogen-bond acceptors (Lipinski definition) is 1. The van der Waals surface area contributed by atoms with Gasteiger partial charge in [0.25, 0.3) is 0 Å². The smallest absolute Gasteiger partial charge is 0.139 e. The van der Waals surface area contributed by atoms with Gasteiger partial charge in [-0.05, 0) is 36.1 Å². The van der Waals surface area contributed by atoms with Crippen molar-refractivity contribution in [2.24, 2.45) is 7.05 Å². The summed E-state index contributed by atoms with van der Waals surface area (Å²) in [6, 6.07) is 15.0. The Morgan fingerprint density at radius 1 is 1.00 bits per heavy atom. The van der Waals surface area contributed by atoms with Crippen LogP contribution in [0.4, 0.5) is 0 Å². The minimum atomic E-state index is 1.04. The molecule has 18 heavy (non-hydrogen) atoms. The lowest BCUT2D eigenvalue weighted by molar-refractivity contribution is 0.932. The number of rotatable bonds is 3. The molecule has 1 aromatic carbocycles. The van der Waals surface area contributed by atoms with Crippen LogP contribution < -0.4 is 0 Å². The normalized spacial score (nSPS) is 10.9. The molecule has 0 saturated heterocycles. The fourth-order valence-corrected chi connectivity index (χ4v) is 2.27. The highest BCUT2D eigenvalue weighted by Crippen LogP contribution is 2.15. The van der Waals surface area contributed by atoms with E-state index >= 15 is 0 Å². The summed E-state index contributed by atoms with van der Waals surface area (Å²) < 4.78 is 2.05. The van der Waals surface area contributed by atoms with Gasteiger partial charge in [0.2, 0.25) is 0 Å². The second-order valence-electron chi connectivity index (χ2n) is 4.67. The average molecular weight is 236 g/mol. The Morgan fingerprint density at radius 3 is 2.61 bits per heavy atom. The monoisotopic (exact) mass is 236 g/mol. The number of pyridine rings is 1. The predicted molar refractivity (Wildman–Crippen MR) is 74.6 cm³/mol. The third-order valence-electron chi connectivity index (χ3n) is 3.31. The van der Waals surface area contributed by atoms with Gasteiger partial charge in [-0.3, -0.25) is 0 Å². The fourth-order valence-electron chi connectivity index (χ4n) is 2.27. The minimum Gasteiger partial charge on any atom is -0.336 e. The molecule has 0 aliphatic carbocycles. The van der Waals surface area contributed by atoms with E-state index in [0.717, 1.165) is 18.5 Å². The molecule has 3 rings (SSSR count). The SMILES string of the molecule is Cn1ccc2cc(CCc3ccccc3)cnc21. The maximum absolute atomic E-state index is 4.52. The second-order valence-corrected chi connectivity index (χ2v) is 4.67. The highest BCUT2D eigenvalue weighted by molar-refractivity contribution is 5.76. The Balaban J connectivity index is 1.79. The van der Waals surface area contributed by atoms with Gasteiger partial charge in [-0.25, -0.2) is 4.98 Å². The molecule has 0 fully saturated rings. The van der Waals surface area contributed by atoms with Crippen molar-refractivity contribution in [1.29, 1.82) is 0 Å². The van der Waals surface area contributed by atoms with E-state index in [-0.39, 0.29) is 0 Å². The van der Waals surface area contributed by atoms with Crippen molar-refractivity contribution in [3.63, 3.8) is 0 Å². The first-order valence-electron chi connectivity index (χ1n) is 6.27. The lowest BCUT2D eigenvalue weighted by Crippen LogP contribution is -1.93. The summed E-state index contributed by atoms with van der Waals surface area (Å²) in [5, 5.41) is 1.23. The maximum atomic E-state index is 4.52. The van der Waals surface area contributed by atoms with Crippen LogP contribution in [-0.2, 0) is 19.9 Å². The summed E-state index contributed by atoms with van der Waals surface area (Å²) in [5.74, 6) is 0. The van der Waals surface area contributed by atoms with Gasteiger partial charge in [0, 0.05) is 24.8 Å². The summed E-state index contributed by atoms with van der Waals surface area (Å²) in [6.45, 7) is 0. The Labute approximate surface area is 107 Å². The van der Waals surface area contributed by atoms with Crippen LogP contribution in [-0.4, -0.2) is 9.55 Å². The lowest BCUT2D eigenvalue weighted by Gasteiger charge is -2.02. The molecule has 3 aromatic rings. The standard InChI is InChI=1S/C16H16N2/c1-18-10-9-15-11-14(12-17-16(15)18)8-7-13-5-3-2-4-6-13/h2-6,9-12H,7-8H2,1H3. The number of benzene rings is 1. The number of nitrogens with zero attached hydrogens (tertiary/aromatic N) is 2. The van der Waals surface area contributed by atoms with Gasteiger partial charge in [-0.2, -0.15) is 0 Å². The zero-order valence-corrected chi connectivity index (χ0v) is 10.5. The first kappa shape index (κ1) is 11.0. The van der Waals surface area contributed by atoms with Crippen LogP contribution in [0.25, 0.3) is 11.0 Å². The van der Waals surface area contributed by atoms with Crippen LogP contribution >= 0.6 is 0 Å². The molecule has 2 nitrogen and oxygen atoms in total. The lowest BCUT2D eigenvalue weighted by atomic mass is 10.1. The molecular formula is C16H16N2. The molecule has 90 valence electrons. The molecule has 2 heteroatoms. The summed E-state index contributed by atoms with van der Waals surface area (Å²) >= 11 is 0. The van der Waals surface area contributed by atoms with E-state index in [1.165, 1.54) is 16.5 Å². The highest BCUT2D eigenvalue weighted by Gasteiger charge is 2.01. The van der Waals surface area contributed by atoms with Gasteiger partial charge in [0.15, 0.2) is 0 Å². The van der Waals surface area contributed by atoms with Crippen molar-refractivity contribution in [1.82, 2.24) is 9.55 Å². The van der Waals surface area contributed by atoms with Gasteiger partial charge in [-0.1, -0.05) is 30.3 Å². The third-order valence-corrected chi connectivity index (χ3v) is 3.31. The van der Waals surface area contributed by atoms with Crippen LogP contribution in [0, 0.1) is 0 Å². The van der Waals surface area contributed by atoms with Gasteiger partial charge in [-0.15, -0.1) is 0 Å². The summed E-state index contributed by atoms with van der Waals surface area (Å²) in [7, 11) is 2.03. The number of fused-ring (bicyclic) bond motifs is 1. The Bertz CT molecular complexity index is 653. The molecule has 2 aromatic heterocycles. The van der Waals surface area contributed by atoms with E-state index < -0.39 is 0 Å². The van der Waals surface area contributed by atoms with Crippen LogP contribution in [0.5, 0.6) is 0 Å². The molecule has 0 saturated carbocycles. The van der Waals surface area contributed by atoms with Gasteiger partial charge < -0.3 is 4.57 Å². The van der Waals surface area contributed by atoms with E-state index in [1.54, 1.807) is 0 Å². The van der Waals surface area contributed by atoms with Gasteiger partial charge >= 0.3 is 0 Å². The molecule has 0 atom stereocenters. The van der Waals surface area contributed by atoms with E-state index in [0.29, 0.717) is 0 Å². The molecular weight excluding hydrogens is 220 g/mol. The van der Waals surface area contributed by atoms with Crippen LogP contribution in [0.1, 0.15) is 11.1 Å². The summed E-state index contributed by atoms with van der Waals surface area (Å²) in [6.07, 6.45) is 6.16.